The van der Waals surface area contributed by atoms with Crippen LogP contribution in [0.25, 0.3) is 0 Å². The molecule has 0 atom stereocenters. The van der Waals surface area contributed by atoms with Crippen LogP contribution in [0.2, 0.25) is 0 Å². The average molecular weight is 297 g/mol. The molecular formula is C13H19N3O5. The van der Waals surface area contributed by atoms with E-state index in [0.29, 0.717) is 25.7 Å². The van der Waals surface area contributed by atoms with E-state index in [9.17, 15) is 14.9 Å². The largest absolute Gasteiger partial charge is 0.477 e. The minimum atomic E-state index is -1.36. The Morgan fingerprint density at radius 1 is 1.52 bits per heavy atom. The fourth-order valence-corrected chi connectivity index (χ4v) is 1.53. The zero-order valence-corrected chi connectivity index (χ0v) is 12.0. The van der Waals surface area contributed by atoms with E-state index in [0.717, 1.165) is 18.7 Å². The summed E-state index contributed by atoms with van der Waals surface area (Å²) in [6, 6.07) is 1.15. The van der Waals surface area contributed by atoms with Crippen molar-refractivity contribution in [1.29, 1.82) is 0 Å². The van der Waals surface area contributed by atoms with Gasteiger partial charge >= 0.3 is 11.7 Å². The number of aromatic nitrogens is 1. The van der Waals surface area contributed by atoms with Crippen LogP contribution in [0.3, 0.4) is 0 Å². The monoisotopic (exact) mass is 297 g/mol. The number of hydrogen-bond acceptors (Lipinski definition) is 6. The van der Waals surface area contributed by atoms with Gasteiger partial charge in [0.25, 0.3) is 0 Å². The highest BCUT2D eigenvalue weighted by Gasteiger charge is 2.20. The maximum Gasteiger partial charge on any atom is 0.342 e. The summed E-state index contributed by atoms with van der Waals surface area (Å²) in [5.74, 6) is -0.516. The molecule has 0 amide bonds. The van der Waals surface area contributed by atoms with Gasteiger partial charge in [0.2, 0.25) is 0 Å². The summed E-state index contributed by atoms with van der Waals surface area (Å²) >= 11 is 0. The topological polar surface area (TPSA) is 115 Å². The highest BCUT2D eigenvalue weighted by atomic mass is 16.6. The van der Waals surface area contributed by atoms with E-state index in [1.807, 2.05) is 0 Å². The Bertz CT molecular complexity index is 505. The van der Waals surface area contributed by atoms with Crippen molar-refractivity contribution in [3.63, 3.8) is 0 Å². The number of ether oxygens (including phenoxy) is 1. The molecule has 1 rings (SSSR count). The summed E-state index contributed by atoms with van der Waals surface area (Å²) in [5, 5.41) is 22.5. The van der Waals surface area contributed by atoms with E-state index in [1.54, 1.807) is 0 Å². The summed E-state index contributed by atoms with van der Waals surface area (Å²) in [7, 11) is 0. The molecule has 8 nitrogen and oxygen atoms in total. The van der Waals surface area contributed by atoms with Crippen LogP contribution in [-0.2, 0) is 4.74 Å². The van der Waals surface area contributed by atoms with Gasteiger partial charge in [-0.15, -0.1) is 0 Å². The maximum absolute atomic E-state index is 11.0. The minimum absolute atomic E-state index is 0.269. The van der Waals surface area contributed by atoms with E-state index >= 15 is 0 Å². The summed E-state index contributed by atoms with van der Waals surface area (Å²) < 4.78 is 5.39. The van der Waals surface area contributed by atoms with Gasteiger partial charge in [0.15, 0.2) is 0 Å². The summed E-state index contributed by atoms with van der Waals surface area (Å²) in [4.78, 5) is 24.7. The molecule has 0 radical (unpaired) electrons. The first-order valence-electron chi connectivity index (χ1n) is 6.61. The number of anilines is 1. The highest BCUT2D eigenvalue weighted by molar-refractivity contribution is 5.93. The third-order valence-electron chi connectivity index (χ3n) is 2.70. The molecule has 0 aliphatic rings. The van der Waals surface area contributed by atoms with Crippen LogP contribution in [-0.4, -0.2) is 40.7 Å². The van der Waals surface area contributed by atoms with Gasteiger partial charge in [0.1, 0.15) is 17.6 Å². The molecule has 1 heterocycles. The van der Waals surface area contributed by atoms with Gasteiger partial charge in [-0.25, -0.2) is 9.78 Å². The number of carbonyl (C=O) groups is 1. The number of nitrogens with one attached hydrogen (secondary N) is 1. The van der Waals surface area contributed by atoms with Crippen molar-refractivity contribution >= 4 is 17.5 Å². The molecule has 0 fully saturated rings. The van der Waals surface area contributed by atoms with E-state index in [-0.39, 0.29) is 5.82 Å². The lowest BCUT2D eigenvalue weighted by molar-refractivity contribution is -0.385. The van der Waals surface area contributed by atoms with Gasteiger partial charge in [-0.2, -0.15) is 0 Å². The molecule has 0 aromatic carbocycles. The van der Waals surface area contributed by atoms with Crippen LogP contribution < -0.4 is 5.32 Å². The van der Waals surface area contributed by atoms with Crippen LogP contribution >= 0.6 is 0 Å². The first-order chi connectivity index (χ1) is 9.91. The summed E-state index contributed by atoms with van der Waals surface area (Å²) in [6.45, 7) is 5.77. The number of nitrogens with zero attached hydrogens (tertiary/aromatic N) is 2. The van der Waals surface area contributed by atoms with Gasteiger partial charge in [-0.3, -0.25) is 10.1 Å². The second-order valence-corrected chi connectivity index (χ2v) is 4.87. The molecule has 0 spiro atoms. The molecule has 0 saturated carbocycles. The normalized spacial score (nSPS) is 10.6. The van der Waals surface area contributed by atoms with Crippen LogP contribution in [0.1, 0.15) is 30.6 Å². The molecular weight excluding hydrogens is 278 g/mol. The van der Waals surface area contributed by atoms with E-state index in [2.05, 4.69) is 24.1 Å². The van der Waals surface area contributed by atoms with Crippen LogP contribution in [0.5, 0.6) is 0 Å². The molecule has 1 aromatic heterocycles. The van der Waals surface area contributed by atoms with Crippen molar-refractivity contribution < 1.29 is 19.6 Å². The Morgan fingerprint density at radius 2 is 2.24 bits per heavy atom. The number of nitro groups is 1. The van der Waals surface area contributed by atoms with Crippen molar-refractivity contribution in [1.82, 2.24) is 4.98 Å². The highest BCUT2D eigenvalue weighted by Crippen LogP contribution is 2.20. The summed E-state index contributed by atoms with van der Waals surface area (Å²) in [6.07, 6.45) is 1.91. The Morgan fingerprint density at radius 3 is 2.81 bits per heavy atom. The third kappa shape index (κ3) is 5.74. The third-order valence-corrected chi connectivity index (χ3v) is 2.70. The summed E-state index contributed by atoms with van der Waals surface area (Å²) in [5.41, 5.74) is -0.917. The molecule has 2 N–H and O–H groups in total. The van der Waals surface area contributed by atoms with Gasteiger partial charge in [0.05, 0.1) is 11.5 Å². The molecule has 1 aromatic rings. The second-order valence-electron chi connectivity index (χ2n) is 4.87. The van der Waals surface area contributed by atoms with Crippen LogP contribution in [0, 0.1) is 16.0 Å². The SMILES string of the molecule is CC(C)CCOCCNc1cc(C(=O)O)c([N+](=O)[O-])cn1. The van der Waals surface area contributed by atoms with Gasteiger partial charge < -0.3 is 15.2 Å². The van der Waals surface area contributed by atoms with Crippen molar-refractivity contribution in [3.05, 3.63) is 27.9 Å². The number of hydrogen-bond donors (Lipinski definition) is 2. The molecule has 0 aliphatic heterocycles. The predicted molar refractivity (Wildman–Crippen MR) is 76.6 cm³/mol. The Kier molecular flexibility index (Phi) is 6.54. The van der Waals surface area contributed by atoms with Gasteiger partial charge in [-0.05, 0) is 12.3 Å². The Hall–Kier alpha value is -2.22. The van der Waals surface area contributed by atoms with Gasteiger partial charge in [-0.1, -0.05) is 13.8 Å². The second kappa shape index (κ2) is 8.15. The molecule has 0 unspecified atom stereocenters. The van der Waals surface area contributed by atoms with Crippen molar-refractivity contribution in [2.24, 2.45) is 5.92 Å². The number of pyridine rings is 1. The number of carboxylic acids is 1. The van der Waals surface area contributed by atoms with E-state index in [4.69, 9.17) is 9.84 Å². The molecule has 21 heavy (non-hydrogen) atoms. The lowest BCUT2D eigenvalue weighted by atomic mass is 10.1. The maximum atomic E-state index is 11.0. The first kappa shape index (κ1) is 16.8. The first-order valence-corrected chi connectivity index (χ1v) is 6.61. The smallest absolute Gasteiger partial charge is 0.342 e. The molecule has 116 valence electrons. The minimum Gasteiger partial charge on any atom is -0.477 e. The van der Waals surface area contributed by atoms with Crippen LogP contribution in [0.15, 0.2) is 12.3 Å². The lowest BCUT2D eigenvalue weighted by Gasteiger charge is -2.08. The zero-order chi connectivity index (χ0) is 15.8. The number of aromatic carboxylic acids is 1. The standard InChI is InChI=1S/C13H19N3O5/c1-9(2)3-5-21-6-4-14-12-7-10(13(17)18)11(8-15-12)16(19)20/h7-9H,3-6H2,1-2H3,(H,14,15)(H,17,18). The quantitative estimate of drug-likeness (QED) is 0.407. The number of carboxylic acid groups (broad SMARTS) is 1. The van der Waals surface area contributed by atoms with E-state index < -0.39 is 22.1 Å². The molecule has 0 saturated heterocycles. The van der Waals surface area contributed by atoms with Gasteiger partial charge in [0, 0.05) is 19.2 Å². The van der Waals surface area contributed by atoms with Crippen LogP contribution in [0.4, 0.5) is 11.5 Å². The molecule has 0 bridgehead atoms. The van der Waals surface area contributed by atoms with Crippen molar-refractivity contribution in [2.45, 2.75) is 20.3 Å². The van der Waals surface area contributed by atoms with E-state index in [1.165, 1.54) is 0 Å². The molecule has 0 aliphatic carbocycles. The van der Waals surface area contributed by atoms with Crippen molar-refractivity contribution in [2.75, 3.05) is 25.1 Å². The predicted octanol–water partition coefficient (Wildman–Crippen LogP) is 2.16. The fraction of sp³-hybridized carbons (Fsp3) is 0.538. The Balaban J connectivity index is 2.51. The fourth-order valence-electron chi connectivity index (χ4n) is 1.53. The van der Waals surface area contributed by atoms with Crippen molar-refractivity contribution in [3.8, 4) is 0 Å². The Labute approximate surface area is 122 Å². The zero-order valence-electron chi connectivity index (χ0n) is 12.0. The molecule has 8 heteroatoms. The number of rotatable bonds is 9. The lowest BCUT2D eigenvalue weighted by Crippen LogP contribution is -2.13. The average Bonchev–Trinajstić information content (AvgIpc) is 2.41.